The van der Waals surface area contributed by atoms with Gasteiger partial charge < -0.3 is 5.32 Å². The Balaban J connectivity index is 2.36. The average Bonchev–Trinajstić information content (AvgIpc) is 2.50. The van der Waals surface area contributed by atoms with Crippen LogP contribution in [0.4, 0.5) is 0 Å². The van der Waals surface area contributed by atoms with Gasteiger partial charge in [-0.05, 0) is 48.2 Å². The van der Waals surface area contributed by atoms with Gasteiger partial charge in [-0.3, -0.25) is 0 Å². The lowest BCUT2D eigenvalue weighted by Crippen LogP contribution is -2.23. The van der Waals surface area contributed by atoms with Crippen molar-refractivity contribution in [3.8, 4) is 0 Å². The summed E-state index contributed by atoms with van der Waals surface area (Å²) in [6.45, 7) is 5.39. The molecular weight excluding hydrogens is 390 g/mol. The number of rotatable bonds is 6. The Morgan fingerprint density at radius 1 is 1.00 bits per heavy atom. The fourth-order valence-corrected chi connectivity index (χ4v) is 3.65. The normalized spacial score (nSPS) is 12.4. The van der Waals surface area contributed by atoms with Crippen LogP contribution in [0.15, 0.2) is 51.4 Å². The van der Waals surface area contributed by atoms with Gasteiger partial charge >= 0.3 is 0 Å². The molecule has 1 atom stereocenters. The lowest BCUT2D eigenvalue weighted by molar-refractivity contribution is 0.596. The molecule has 2 aromatic carbocycles. The molecule has 0 aliphatic rings. The number of benzene rings is 2. The highest BCUT2D eigenvalue weighted by Crippen LogP contribution is 2.31. The first-order valence-electron chi connectivity index (χ1n) is 7.42. The second-order valence-corrected chi connectivity index (χ2v) is 6.92. The molecule has 0 bridgehead atoms. The summed E-state index contributed by atoms with van der Waals surface area (Å²) in [5.41, 5.74) is 3.96. The lowest BCUT2D eigenvalue weighted by Gasteiger charge is -2.21. The molecule has 2 aromatic rings. The third-order valence-corrected chi connectivity index (χ3v) is 4.77. The zero-order valence-corrected chi connectivity index (χ0v) is 15.7. The summed E-state index contributed by atoms with van der Waals surface area (Å²) in [4.78, 5) is 0. The second kappa shape index (κ2) is 8.11. The quantitative estimate of drug-likeness (QED) is 0.628. The smallest absolute Gasteiger partial charge is 0.0587 e. The predicted molar refractivity (Wildman–Crippen MR) is 97.8 cm³/mol. The molecule has 1 nitrogen and oxygen atoms in total. The monoisotopic (exact) mass is 409 g/mol. The van der Waals surface area contributed by atoms with Crippen LogP contribution in [0.25, 0.3) is 0 Å². The van der Waals surface area contributed by atoms with Gasteiger partial charge in [0.1, 0.15) is 0 Å². The standard InChI is InChI=1S/C18H21Br2N/c1-3-11-21-18(14-7-5-13(4-2)6-8-14)16-10-9-15(19)12-17(16)20/h5-10,12,18,21H,3-4,11H2,1-2H3. The van der Waals surface area contributed by atoms with Gasteiger partial charge in [-0.2, -0.15) is 0 Å². The Morgan fingerprint density at radius 3 is 2.29 bits per heavy atom. The van der Waals surface area contributed by atoms with E-state index in [1.165, 1.54) is 16.7 Å². The maximum atomic E-state index is 3.70. The Morgan fingerprint density at radius 2 is 1.71 bits per heavy atom. The van der Waals surface area contributed by atoms with Crippen molar-refractivity contribution in [1.29, 1.82) is 0 Å². The molecule has 1 N–H and O–H groups in total. The molecular formula is C18H21Br2N. The van der Waals surface area contributed by atoms with Crippen LogP contribution in [0.1, 0.15) is 43.0 Å². The van der Waals surface area contributed by atoms with Crippen molar-refractivity contribution in [2.75, 3.05) is 6.54 Å². The molecule has 1 unspecified atom stereocenters. The van der Waals surface area contributed by atoms with E-state index in [0.29, 0.717) is 0 Å². The number of hydrogen-bond donors (Lipinski definition) is 1. The van der Waals surface area contributed by atoms with Crippen LogP contribution in [0.5, 0.6) is 0 Å². The van der Waals surface area contributed by atoms with E-state index in [-0.39, 0.29) is 6.04 Å². The second-order valence-electron chi connectivity index (χ2n) is 5.15. The van der Waals surface area contributed by atoms with Gasteiger partial charge in [0, 0.05) is 8.95 Å². The van der Waals surface area contributed by atoms with Gasteiger partial charge in [-0.15, -0.1) is 0 Å². The highest BCUT2D eigenvalue weighted by atomic mass is 79.9. The minimum Gasteiger partial charge on any atom is -0.306 e. The minimum absolute atomic E-state index is 0.221. The Hall–Kier alpha value is -0.640. The fourth-order valence-electron chi connectivity index (χ4n) is 2.38. The number of nitrogens with one attached hydrogen (secondary N) is 1. The largest absolute Gasteiger partial charge is 0.306 e. The molecule has 0 radical (unpaired) electrons. The van der Waals surface area contributed by atoms with Gasteiger partial charge in [-0.25, -0.2) is 0 Å². The van der Waals surface area contributed by atoms with Crippen LogP contribution < -0.4 is 5.32 Å². The molecule has 2 rings (SSSR count). The topological polar surface area (TPSA) is 12.0 Å². The molecule has 21 heavy (non-hydrogen) atoms. The van der Waals surface area contributed by atoms with Gasteiger partial charge in [0.25, 0.3) is 0 Å². The summed E-state index contributed by atoms with van der Waals surface area (Å²) in [6, 6.07) is 15.5. The Kier molecular flexibility index (Phi) is 6.46. The molecule has 0 aliphatic heterocycles. The summed E-state index contributed by atoms with van der Waals surface area (Å²) in [6.07, 6.45) is 2.20. The van der Waals surface area contributed by atoms with Crippen LogP contribution >= 0.6 is 31.9 Å². The number of aryl methyl sites for hydroxylation is 1. The van der Waals surface area contributed by atoms with Crippen LogP contribution in [-0.2, 0) is 6.42 Å². The van der Waals surface area contributed by atoms with Crippen LogP contribution in [0.3, 0.4) is 0 Å². The molecule has 112 valence electrons. The van der Waals surface area contributed by atoms with Crippen molar-refractivity contribution >= 4 is 31.9 Å². The summed E-state index contributed by atoms with van der Waals surface area (Å²) in [5.74, 6) is 0. The first kappa shape index (κ1) is 16.7. The van der Waals surface area contributed by atoms with Gasteiger partial charge in [0.15, 0.2) is 0 Å². The zero-order chi connectivity index (χ0) is 15.2. The molecule has 0 aliphatic carbocycles. The third-order valence-electron chi connectivity index (χ3n) is 3.59. The van der Waals surface area contributed by atoms with E-state index in [0.717, 1.165) is 28.3 Å². The van der Waals surface area contributed by atoms with Crippen molar-refractivity contribution in [3.05, 3.63) is 68.1 Å². The highest BCUT2D eigenvalue weighted by Gasteiger charge is 2.16. The predicted octanol–water partition coefficient (Wildman–Crippen LogP) is 5.86. The molecule has 0 saturated heterocycles. The molecule has 0 fully saturated rings. The number of halogens is 2. The van der Waals surface area contributed by atoms with Crippen molar-refractivity contribution in [2.24, 2.45) is 0 Å². The average molecular weight is 411 g/mol. The van der Waals surface area contributed by atoms with Crippen molar-refractivity contribution in [2.45, 2.75) is 32.7 Å². The minimum atomic E-state index is 0.221. The molecule has 0 amide bonds. The van der Waals surface area contributed by atoms with Crippen molar-refractivity contribution in [3.63, 3.8) is 0 Å². The molecule has 3 heteroatoms. The van der Waals surface area contributed by atoms with E-state index < -0.39 is 0 Å². The molecule has 0 spiro atoms. The zero-order valence-electron chi connectivity index (χ0n) is 12.5. The maximum absolute atomic E-state index is 3.70. The summed E-state index contributed by atoms with van der Waals surface area (Å²) >= 11 is 7.22. The first-order chi connectivity index (χ1) is 10.2. The van der Waals surface area contributed by atoms with E-state index in [9.17, 15) is 0 Å². The SMILES string of the molecule is CCCNC(c1ccc(CC)cc1)c1ccc(Br)cc1Br. The lowest BCUT2D eigenvalue weighted by atomic mass is 9.97. The molecule has 0 aromatic heterocycles. The Bertz CT molecular complexity index is 578. The van der Waals surface area contributed by atoms with E-state index in [1.807, 2.05) is 0 Å². The highest BCUT2D eigenvalue weighted by molar-refractivity contribution is 9.11. The van der Waals surface area contributed by atoms with Crippen molar-refractivity contribution < 1.29 is 0 Å². The van der Waals surface area contributed by atoms with Crippen LogP contribution in [0.2, 0.25) is 0 Å². The Labute approximate surface area is 144 Å². The van der Waals surface area contributed by atoms with E-state index in [1.54, 1.807) is 0 Å². The summed E-state index contributed by atoms with van der Waals surface area (Å²) in [5, 5.41) is 3.65. The van der Waals surface area contributed by atoms with E-state index >= 15 is 0 Å². The summed E-state index contributed by atoms with van der Waals surface area (Å²) in [7, 11) is 0. The van der Waals surface area contributed by atoms with E-state index in [2.05, 4.69) is 93.5 Å². The number of hydrogen-bond acceptors (Lipinski definition) is 1. The van der Waals surface area contributed by atoms with Gasteiger partial charge in [0.05, 0.1) is 6.04 Å². The fraction of sp³-hybridized carbons (Fsp3) is 0.333. The van der Waals surface area contributed by atoms with E-state index in [4.69, 9.17) is 0 Å². The molecule has 0 saturated carbocycles. The summed E-state index contributed by atoms with van der Waals surface area (Å²) < 4.78 is 2.22. The van der Waals surface area contributed by atoms with Crippen molar-refractivity contribution in [1.82, 2.24) is 5.32 Å². The third kappa shape index (κ3) is 4.41. The first-order valence-corrected chi connectivity index (χ1v) is 9.01. The van der Waals surface area contributed by atoms with Gasteiger partial charge in [0.2, 0.25) is 0 Å². The van der Waals surface area contributed by atoms with Gasteiger partial charge in [-0.1, -0.05) is 76.0 Å². The van der Waals surface area contributed by atoms with Crippen LogP contribution in [-0.4, -0.2) is 6.54 Å². The molecule has 0 heterocycles. The van der Waals surface area contributed by atoms with Crippen LogP contribution in [0, 0.1) is 0 Å². The maximum Gasteiger partial charge on any atom is 0.0587 e.